The number of carbonyl (C=O) groups is 2. The van der Waals surface area contributed by atoms with Crippen LogP contribution in [0.3, 0.4) is 0 Å². The zero-order valence-corrected chi connectivity index (χ0v) is 19.7. The number of H-pyrrole nitrogens is 1. The van der Waals surface area contributed by atoms with Crippen LogP contribution >= 0.6 is 22.9 Å². The Morgan fingerprint density at radius 2 is 2.06 bits per heavy atom. The molecule has 1 aliphatic rings. The number of nitrogens with zero attached hydrogens (tertiary/aromatic N) is 4. The molecule has 2 aromatic carbocycles. The summed E-state index contributed by atoms with van der Waals surface area (Å²) in [6.45, 7) is -0.0504. The molecule has 0 radical (unpaired) electrons. The zero-order chi connectivity index (χ0) is 24.5. The number of aromatic amines is 1. The van der Waals surface area contributed by atoms with Gasteiger partial charge in [-0.05, 0) is 42.5 Å². The first-order valence-electron chi connectivity index (χ1n) is 10.3. The summed E-state index contributed by atoms with van der Waals surface area (Å²) in [5.74, 6) is -0.757. The predicted octanol–water partition coefficient (Wildman–Crippen LogP) is 3.61. The fourth-order valence-corrected chi connectivity index (χ4v) is 4.72. The van der Waals surface area contributed by atoms with E-state index in [4.69, 9.17) is 16.3 Å². The highest BCUT2D eigenvalue weighted by Gasteiger charge is 2.29. The second-order valence-corrected chi connectivity index (χ2v) is 9.20. The highest BCUT2D eigenvalue weighted by molar-refractivity contribution is 7.16. The van der Waals surface area contributed by atoms with Gasteiger partial charge in [0.15, 0.2) is 6.73 Å². The number of rotatable bonds is 6. The van der Waals surface area contributed by atoms with Crippen LogP contribution in [0, 0.1) is 5.82 Å². The third-order valence-electron chi connectivity index (χ3n) is 5.38. The van der Waals surface area contributed by atoms with Crippen LogP contribution in [0.15, 0.2) is 48.5 Å². The maximum atomic E-state index is 14.2. The Kier molecular flexibility index (Phi) is 6.05. The minimum Gasteiger partial charge on any atom is -0.472 e. The first-order valence-corrected chi connectivity index (χ1v) is 11.5. The van der Waals surface area contributed by atoms with Crippen molar-refractivity contribution in [2.75, 3.05) is 24.0 Å². The number of benzene rings is 2. The number of carbonyl (C=O) groups excluding carboxylic acids is 2. The Morgan fingerprint density at radius 1 is 1.26 bits per heavy atom. The largest absolute Gasteiger partial charge is 0.472 e. The lowest BCUT2D eigenvalue weighted by atomic mass is 10.1. The fraction of sp³-hybridized carbons (Fsp3) is 0.136. The first-order chi connectivity index (χ1) is 16.9. The van der Waals surface area contributed by atoms with Gasteiger partial charge in [-0.2, -0.15) is 5.21 Å². The summed E-state index contributed by atoms with van der Waals surface area (Å²) >= 11 is 7.34. The number of ether oxygens (including phenoxy) is 1. The van der Waals surface area contributed by atoms with E-state index in [1.54, 1.807) is 43.4 Å². The van der Waals surface area contributed by atoms with Crippen molar-refractivity contribution in [3.8, 4) is 5.75 Å². The van der Waals surface area contributed by atoms with Crippen LogP contribution in [0.1, 0.15) is 37.5 Å². The molecule has 1 aliphatic heterocycles. The van der Waals surface area contributed by atoms with Gasteiger partial charge in [0.2, 0.25) is 5.82 Å². The van der Waals surface area contributed by atoms with E-state index in [1.807, 2.05) is 0 Å². The Morgan fingerprint density at radius 3 is 2.71 bits per heavy atom. The van der Waals surface area contributed by atoms with Gasteiger partial charge in [0.1, 0.15) is 17.6 Å². The topological polar surface area (TPSA) is 125 Å². The minimum absolute atomic E-state index is 0.0504. The van der Waals surface area contributed by atoms with E-state index < -0.39 is 17.8 Å². The number of thiophene rings is 1. The number of fused-ring (bicyclic) bond motifs is 1. The number of nitrogens with one attached hydrogen (secondary N) is 3. The van der Waals surface area contributed by atoms with E-state index in [1.165, 1.54) is 22.3 Å². The van der Waals surface area contributed by atoms with Crippen molar-refractivity contribution in [1.29, 1.82) is 0 Å². The summed E-state index contributed by atoms with van der Waals surface area (Å²) in [5, 5.41) is 19.5. The minimum atomic E-state index is -0.649. The molecule has 2 amide bonds. The van der Waals surface area contributed by atoms with Gasteiger partial charge in [-0.3, -0.25) is 14.5 Å². The van der Waals surface area contributed by atoms with E-state index in [0.29, 0.717) is 21.3 Å². The normalized spacial score (nSPS) is 13.7. The number of amides is 2. The van der Waals surface area contributed by atoms with Crippen molar-refractivity contribution < 1.29 is 18.7 Å². The molecule has 3 N–H and O–H groups in total. The van der Waals surface area contributed by atoms with E-state index in [9.17, 15) is 14.0 Å². The summed E-state index contributed by atoms with van der Waals surface area (Å²) in [6.07, 6.45) is 0. The lowest BCUT2D eigenvalue weighted by molar-refractivity contribution is 0.0932. The average molecular weight is 514 g/mol. The van der Waals surface area contributed by atoms with Crippen LogP contribution in [-0.2, 0) is 0 Å². The van der Waals surface area contributed by atoms with Gasteiger partial charge in [0.05, 0.1) is 15.6 Å². The van der Waals surface area contributed by atoms with Crippen LogP contribution in [-0.4, -0.2) is 46.2 Å². The van der Waals surface area contributed by atoms with E-state index in [-0.39, 0.29) is 29.7 Å². The predicted molar refractivity (Wildman–Crippen MR) is 128 cm³/mol. The number of tetrazole rings is 1. The van der Waals surface area contributed by atoms with Crippen molar-refractivity contribution >= 4 is 46.1 Å². The molecule has 0 saturated heterocycles. The molecule has 0 spiro atoms. The molecular weight excluding hydrogens is 497 g/mol. The molecule has 0 aliphatic carbocycles. The Balaban J connectivity index is 1.34. The van der Waals surface area contributed by atoms with Crippen molar-refractivity contribution in [3.63, 3.8) is 0 Å². The number of hydrogen-bond donors (Lipinski definition) is 3. The molecule has 13 heteroatoms. The van der Waals surface area contributed by atoms with Gasteiger partial charge in [0.25, 0.3) is 11.8 Å². The van der Waals surface area contributed by atoms with E-state index in [0.717, 1.165) is 10.9 Å². The smallest absolute Gasteiger partial charge is 0.264 e. The molecule has 2 aromatic heterocycles. The summed E-state index contributed by atoms with van der Waals surface area (Å²) in [5.41, 5.74) is 1.20. The van der Waals surface area contributed by atoms with Crippen LogP contribution < -0.4 is 20.3 Å². The van der Waals surface area contributed by atoms with Crippen molar-refractivity contribution in [1.82, 2.24) is 25.9 Å². The highest BCUT2D eigenvalue weighted by Crippen LogP contribution is 2.33. The molecule has 35 heavy (non-hydrogen) atoms. The second-order valence-electron chi connectivity index (χ2n) is 7.45. The molecular formula is C22H17ClFN7O3S. The van der Waals surface area contributed by atoms with Crippen LogP contribution in [0.5, 0.6) is 5.75 Å². The molecule has 1 atom stereocenters. The van der Waals surface area contributed by atoms with Gasteiger partial charge in [0, 0.05) is 29.2 Å². The lowest BCUT2D eigenvalue weighted by Crippen LogP contribution is -2.38. The molecule has 0 saturated carbocycles. The summed E-state index contributed by atoms with van der Waals surface area (Å²) in [7, 11) is 1.58. The number of anilines is 2. The summed E-state index contributed by atoms with van der Waals surface area (Å²) in [6, 6.07) is 11.8. The molecule has 5 rings (SSSR count). The molecule has 4 aromatic rings. The van der Waals surface area contributed by atoms with Crippen LogP contribution in [0.4, 0.5) is 15.8 Å². The standard InChI is InChI=1S/C22H17ClFN7O3S/c1-25-15-9-16-13(8-14(15)24)22(33)31(10-34-16)12-4-2-11(3-5-12)21(32)26-19(20-27-29-30-28-20)17-6-7-18(23)35-17/h2-9,19,25H,10H2,1H3,(H,26,32)(H,27,28,29,30)/t19-/m1/s1. The zero-order valence-electron chi connectivity index (χ0n) is 18.1. The Bertz CT molecular complexity index is 1390. The first kappa shape index (κ1) is 22.7. The lowest BCUT2D eigenvalue weighted by Gasteiger charge is -2.29. The second kappa shape index (κ2) is 9.31. The van der Waals surface area contributed by atoms with Gasteiger partial charge in [-0.15, -0.1) is 21.5 Å². The Hall–Kier alpha value is -4.03. The fourth-order valence-electron chi connectivity index (χ4n) is 3.61. The highest BCUT2D eigenvalue weighted by atomic mass is 35.5. The molecule has 0 unspecified atom stereocenters. The van der Waals surface area contributed by atoms with Crippen molar-refractivity contribution in [2.24, 2.45) is 0 Å². The van der Waals surface area contributed by atoms with Gasteiger partial charge in [-0.25, -0.2) is 4.39 Å². The average Bonchev–Trinajstić information content (AvgIpc) is 3.55. The number of hydrogen-bond acceptors (Lipinski definition) is 8. The molecule has 0 bridgehead atoms. The molecule has 0 fully saturated rings. The van der Waals surface area contributed by atoms with Gasteiger partial charge < -0.3 is 15.4 Å². The van der Waals surface area contributed by atoms with Crippen molar-refractivity contribution in [2.45, 2.75) is 6.04 Å². The van der Waals surface area contributed by atoms with E-state index >= 15 is 0 Å². The maximum Gasteiger partial charge on any atom is 0.264 e. The Labute approximate surface area is 207 Å². The van der Waals surface area contributed by atoms with Gasteiger partial charge >= 0.3 is 0 Å². The quantitative estimate of drug-likeness (QED) is 0.359. The monoisotopic (exact) mass is 513 g/mol. The number of aromatic nitrogens is 4. The van der Waals surface area contributed by atoms with E-state index in [2.05, 4.69) is 31.3 Å². The third kappa shape index (κ3) is 4.40. The third-order valence-corrected chi connectivity index (χ3v) is 6.67. The molecule has 3 heterocycles. The van der Waals surface area contributed by atoms with Crippen LogP contribution in [0.2, 0.25) is 4.34 Å². The summed E-state index contributed by atoms with van der Waals surface area (Å²) in [4.78, 5) is 28.0. The number of halogens is 2. The SMILES string of the molecule is CNc1cc2c(cc1F)C(=O)N(c1ccc(C(=O)N[C@@H](c3nn[nH]n3)c3ccc(Cl)s3)cc1)CO2. The summed E-state index contributed by atoms with van der Waals surface area (Å²) < 4.78 is 20.4. The van der Waals surface area contributed by atoms with Crippen molar-refractivity contribution in [3.05, 3.63) is 80.5 Å². The molecule has 178 valence electrons. The molecule has 10 nitrogen and oxygen atoms in total. The van der Waals surface area contributed by atoms with Gasteiger partial charge in [-0.1, -0.05) is 16.8 Å². The van der Waals surface area contributed by atoms with Crippen LogP contribution in [0.25, 0.3) is 0 Å². The maximum absolute atomic E-state index is 14.2.